The van der Waals surface area contributed by atoms with Gasteiger partial charge in [-0.15, -0.1) is 5.10 Å². The van der Waals surface area contributed by atoms with E-state index in [1.807, 2.05) is 47.9 Å². The molecule has 0 bridgehead atoms. The van der Waals surface area contributed by atoms with Gasteiger partial charge in [-0.25, -0.2) is 4.68 Å². The molecule has 0 unspecified atom stereocenters. The Kier molecular flexibility index (Phi) is 5.12. The number of fused-ring (bicyclic) bond motifs is 1. The van der Waals surface area contributed by atoms with E-state index in [0.29, 0.717) is 11.8 Å². The van der Waals surface area contributed by atoms with Crippen molar-refractivity contribution in [3.05, 3.63) is 48.0 Å². The fourth-order valence-electron chi connectivity index (χ4n) is 5.26. The van der Waals surface area contributed by atoms with Crippen molar-refractivity contribution in [1.29, 1.82) is 0 Å². The normalized spacial score (nSPS) is 26.8. The molecule has 4 atom stereocenters. The van der Waals surface area contributed by atoms with Crippen LogP contribution in [0.1, 0.15) is 30.3 Å². The fourth-order valence-corrected chi connectivity index (χ4v) is 5.26. The highest BCUT2D eigenvalue weighted by molar-refractivity contribution is 5.51. The Morgan fingerprint density at radius 3 is 2.67 bits per heavy atom. The van der Waals surface area contributed by atoms with Crippen LogP contribution in [0.5, 0.6) is 0 Å². The summed E-state index contributed by atoms with van der Waals surface area (Å²) < 4.78 is 9.93. The van der Waals surface area contributed by atoms with Crippen molar-refractivity contribution in [2.45, 2.75) is 38.5 Å². The molecule has 3 aromatic heterocycles. The molecule has 3 aromatic rings. The third-order valence-electron chi connectivity index (χ3n) is 6.73. The average molecular weight is 408 g/mol. The number of aromatic nitrogens is 6. The Morgan fingerprint density at radius 1 is 1.13 bits per heavy atom. The predicted molar refractivity (Wildman–Crippen MR) is 113 cm³/mol. The van der Waals surface area contributed by atoms with E-state index in [2.05, 4.69) is 38.3 Å². The molecule has 1 saturated heterocycles. The van der Waals surface area contributed by atoms with Gasteiger partial charge in [0, 0.05) is 40.0 Å². The molecule has 1 aliphatic heterocycles. The predicted octanol–water partition coefficient (Wildman–Crippen LogP) is 2.48. The second-order valence-corrected chi connectivity index (χ2v) is 8.73. The van der Waals surface area contributed by atoms with Crippen molar-refractivity contribution in [2.24, 2.45) is 18.9 Å². The van der Waals surface area contributed by atoms with Crippen LogP contribution in [-0.4, -0.2) is 61.0 Å². The zero-order valence-corrected chi connectivity index (χ0v) is 17.8. The van der Waals surface area contributed by atoms with Crippen molar-refractivity contribution < 1.29 is 4.74 Å². The molecule has 158 valence electrons. The van der Waals surface area contributed by atoms with Gasteiger partial charge in [0.05, 0.1) is 35.4 Å². The summed E-state index contributed by atoms with van der Waals surface area (Å²) in [5.41, 5.74) is 4.03. The molecule has 1 aliphatic carbocycles. The highest BCUT2D eigenvalue weighted by Crippen LogP contribution is 2.42. The first-order valence-electron chi connectivity index (χ1n) is 10.7. The number of rotatable bonds is 5. The molecular weight excluding hydrogens is 378 g/mol. The summed E-state index contributed by atoms with van der Waals surface area (Å²) in [5.74, 6) is 1.32. The van der Waals surface area contributed by atoms with Gasteiger partial charge in [-0.1, -0.05) is 11.3 Å². The lowest BCUT2D eigenvalue weighted by atomic mass is 9.77. The molecule has 0 amide bonds. The molecule has 0 spiro atoms. The number of aryl methyl sites for hydroxylation is 2. The van der Waals surface area contributed by atoms with Gasteiger partial charge in [-0.05, 0) is 49.8 Å². The number of hydrogen-bond acceptors (Lipinski definition) is 6. The maximum atomic E-state index is 5.92. The van der Waals surface area contributed by atoms with Gasteiger partial charge in [0.25, 0.3) is 0 Å². The maximum Gasteiger partial charge on any atom is 0.131 e. The summed E-state index contributed by atoms with van der Waals surface area (Å²) in [4.78, 5) is 6.97. The van der Waals surface area contributed by atoms with Gasteiger partial charge >= 0.3 is 0 Å². The monoisotopic (exact) mass is 407 g/mol. The molecule has 0 N–H and O–H groups in total. The van der Waals surface area contributed by atoms with E-state index in [1.165, 1.54) is 5.69 Å². The van der Waals surface area contributed by atoms with Gasteiger partial charge in [0.1, 0.15) is 5.69 Å². The van der Waals surface area contributed by atoms with Gasteiger partial charge < -0.3 is 4.74 Å². The van der Waals surface area contributed by atoms with E-state index in [-0.39, 0.29) is 12.1 Å². The van der Waals surface area contributed by atoms with E-state index in [9.17, 15) is 0 Å². The second kappa shape index (κ2) is 7.92. The van der Waals surface area contributed by atoms with Crippen LogP contribution in [0.15, 0.2) is 36.7 Å². The van der Waals surface area contributed by atoms with Crippen molar-refractivity contribution in [3.63, 3.8) is 0 Å². The number of pyridine rings is 1. The van der Waals surface area contributed by atoms with E-state index in [4.69, 9.17) is 4.74 Å². The Hall–Kier alpha value is -2.58. The van der Waals surface area contributed by atoms with Crippen molar-refractivity contribution >= 4 is 0 Å². The number of likely N-dealkylation sites (tertiary alicyclic amines) is 1. The van der Waals surface area contributed by atoms with E-state index < -0.39 is 0 Å². The quantitative estimate of drug-likeness (QED) is 0.647. The molecule has 8 heteroatoms. The Bertz CT molecular complexity index is 998. The SMILES string of the molecule is CO[C@@H]1C[C@H]2CN(Cc3cc(C)nn3C)C[C@H]2C[C@H]1n1cc(-c2ccccn2)nn1. The van der Waals surface area contributed by atoms with Gasteiger partial charge in [-0.2, -0.15) is 5.10 Å². The van der Waals surface area contributed by atoms with Gasteiger partial charge in [0.2, 0.25) is 0 Å². The highest BCUT2D eigenvalue weighted by atomic mass is 16.5. The van der Waals surface area contributed by atoms with Crippen LogP contribution < -0.4 is 0 Å². The van der Waals surface area contributed by atoms with Crippen LogP contribution in [0.2, 0.25) is 0 Å². The smallest absolute Gasteiger partial charge is 0.131 e. The van der Waals surface area contributed by atoms with Crippen molar-refractivity contribution in [1.82, 2.24) is 34.7 Å². The molecule has 8 nitrogen and oxygen atoms in total. The molecule has 0 aromatic carbocycles. The number of ether oxygens (including phenoxy) is 1. The number of hydrogen-bond donors (Lipinski definition) is 0. The van der Waals surface area contributed by atoms with Crippen LogP contribution in [0.25, 0.3) is 11.4 Å². The Balaban J connectivity index is 1.31. The van der Waals surface area contributed by atoms with Crippen LogP contribution in [0, 0.1) is 18.8 Å². The third kappa shape index (κ3) is 3.65. The largest absolute Gasteiger partial charge is 0.379 e. The van der Waals surface area contributed by atoms with Crippen LogP contribution in [-0.2, 0) is 18.3 Å². The summed E-state index contributed by atoms with van der Waals surface area (Å²) >= 11 is 0. The van der Waals surface area contributed by atoms with Crippen molar-refractivity contribution in [2.75, 3.05) is 20.2 Å². The molecule has 5 rings (SSSR count). The summed E-state index contributed by atoms with van der Waals surface area (Å²) in [6.45, 7) is 5.25. The number of nitrogens with zero attached hydrogens (tertiary/aromatic N) is 7. The lowest BCUT2D eigenvalue weighted by molar-refractivity contribution is -0.00545. The van der Waals surface area contributed by atoms with E-state index in [0.717, 1.165) is 49.6 Å². The third-order valence-corrected chi connectivity index (χ3v) is 6.73. The Labute approximate surface area is 176 Å². The lowest BCUT2D eigenvalue weighted by Gasteiger charge is -2.37. The number of methoxy groups -OCH3 is 1. The molecule has 2 aliphatic rings. The zero-order chi connectivity index (χ0) is 20.7. The maximum absolute atomic E-state index is 5.92. The van der Waals surface area contributed by atoms with E-state index in [1.54, 1.807) is 6.20 Å². The highest BCUT2D eigenvalue weighted by Gasteiger charge is 2.43. The zero-order valence-electron chi connectivity index (χ0n) is 17.8. The summed E-state index contributed by atoms with van der Waals surface area (Å²) in [7, 11) is 3.85. The second-order valence-electron chi connectivity index (χ2n) is 8.73. The molecule has 2 fully saturated rings. The minimum Gasteiger partial charge on any atom is -0.379 e. The van der Waals surface area contributed by atoms with Crippen molar-refractivity contribution in [3.8, 4) is 11.4 Å². The summed E-state index contributed by atoms with van der Waals surface area (Å²) in [6.07, 6.45) is 6.09. The fraction of sp³-hybridized carbons (Fsp3) is 0.545. The average Bonchev–Trinajstić information content (AvgIpc) is 3.46. The first-order chi connectivity index (χ1) is 14.6. The minimum absolute atomic E-state index is 0.156. The lowest BCUT2D eigenvalue weighted by Crippen LogP contribution is -2.37. The molecule has 0 radical (unpaired) electrons. The first-order valence-corrected chi connectivity index (χ1v) is 10.7. The van der Waals surface area contributed by atoms with Crippen LogP contribution >= 0.6 is 0 Å². The topological polar surface area (TPSA) is 73.9 Å². The molecule has 1 saturated carbocycles. The van der Waals surface area contributed by atoms with Crippen LogP contribution in [0.4, 0.5) is 0 Å². The molecule has 4 heterocycles. The molecular formula is C22H29N7O. The standard InChI is InChI=1S/C22H29N7O/c1-15-8-18(27(2)25-15)13-28-11-16-9-21(22(30-3)10-17(16)12-28)29-14-20(24-26-29)19-6-4-5-7-23-19/h4-8,14,16-17,21-22H,9-13H2,1-3H3/t16-,17+,21-,22-/m1/s1. The Morgan fingerprint density at radius 2 is 1.97 bits per heavy atom. The van der Waals surface area contributed by atoms with Gasteiger partial charge in [-0.3, -0.25) is 14.6 Å². The summed E-state index contributed by atoms with van der Waals surface area (Å²) in [6, 6.07) is 8.25. The van der Waals surface area contributed by atoms with Crippen LogP contribution in [0.3, 0.4) is 0 Å². The minimum atomic E-state index is 0.156. The van der Waals surface area contributed by atoms with E-state index >= 15 is 0 Å². The summed E-state index contributed by atoms with van der Waals surface area (Å²) in [5, 5.41) is 13.3. The van der Waals surface area contributed by atoms with Gasteiger partial charge in [0.15, 0.2) is 0 Å². The molecule has 30 heavy (non-hydrogen) atoms. The first kappa shape index (κ1) is 19.4.